The summed E-state index contributed by atoms with van der Waals surface area (Å²) in [5.74, 6) is 0.929. The van der Waals surface area contributed by atoms with Crippen LogP contribution in [0.5, 0.6) is 5.75 Å². The zero-order chi connectivity index (χ0) is 17.6. The molecule has 1 aliphatic carbocycles. The molecule has 0 bridgehead atoms. The minimum Gasteiger partial charge on any atom is -0.490 e. The molecule has 138 valence electrons. The molecule has 1 aliphatic heterocycles. The summed E-state index contributed by atoms with van der Waals surface area (Å²) in [6.07, 6.45) is 6.74. The highest BCUT2D eigenvalue weighted by atomic mass is 16.5. The highest BCUT2D eigenvalue weighted by Gasteiger charge is 2.25. The molecule has 5 heteroatoms. The first-order valence-electron chi connectivity index (χ1n) is 9.54. The van der Waals surface area contributed by atoms with Crippen molar-refractivity contribution in [2.45, 2.75) is 70.8 Å². The Morgan fingerprint density at radius 1 is 1.12 bits per heavy atom. The summed E-state index contributed by atoms with van der Waals surface area (Å²) in [4.78, 5) is 14.2. The molecule has 3 rings (SSSR count). The van der Waals surface area contributed by atoms with Crippen molar-refractivity contribution in [3.8, 4) is 5.75 Å². The van der Waals surface area contributed by atoms with Crippen molar-refractivity contribution < 1.29 is 14.3 Å². The van der Waals surface area contributed by atoms with Gasteiger partial charge in [-0.1, -0.05) is 18.6 Å². The Morgan fingerprint density at radius 3 is 2.40 bits per heavy atom. The van der Waals surface area contributed by atoms with E-state index in [1.807, 2.05) is 43.0 Å². The molecule has 2 amide bonds. The van der Waals surface area contributed by atoms with Gasteiger partial charge in [-0.3, -0.25) is 0 Å². The van der Waals surface area contributed by atoms with Crippen LogP contribution in [0.15, 0.2) is 24.3 Å². The molecule has 2 fully saturated rings. The van der Waals surface area contributed by atoms with Crippen molar-refractivity contribution >= 4 is 6.03 Å². The molecule has 0 radical (unpaired) electrons. The number of ether oxygens (including phenoxy) is 2. The van der Waals surface area contributed by atoms with Gasteiger partial charge in [-0.15, -0.1) is 0 Å². The van der Waals surface area contributed by atoms with Crippen LogP contribution in [-0.2, 0) is 11.3 Å². The lowest BCUT2D eigenvalue weighted by atomic mass is 9.98. The molecule has 1 saturated heterocycles. The number of benzene rings is 1. The average Bonchev–Trinajstić information content (AvgIpc) is 2.61. The van der Waals surface area contributed by atoms with Gasteiger partial charge in [0.2, 0.25) is 0 Å². The highest BCUT2D eigenvalue weighted by molar-refractivity contribution is 5.74. The Labute approximate surface area is 150 Å². The summed E-state index contributed by atoms with van der Waals surface area (Å²) < 4.78 is 11.7. The first-order valence-corrected chi connectivity index (χ1v) is 9.54. The van der Waals surface area contributed by atoms with Gasteiger partial charge in [-0.25, -0.2) is 4.79 Å². The summed E-state index contributed by atoms with van der Waals surface area (Å²) in [6.45, 7) is 5.82. The van der Waals surface area contributed by atoms with Gasteiger partial charge < -0.3 is 19.7 Å². The van der Waals surface area contributed by atoms with Crippen molar-refractivity contribution in [3.63, 3.8) is 0 Å². The number of hydrogen-bond acceptors (Lipinski definition) is 3. The predicted octanol–water partition coefficient (Wildman–Crippen LogP) is 3.72. The predicted molar refractivity (Wildman–Crippen MR) is 97.8 cm³/mol. The van der Waals surface area contributed by atoms with Crippen LogP contribution in [0.1, 0.15) is 51.5 Å². The molecule has 5 nitrogen and oxygen atoms in total. The van der Waals surface area contributed by atoms with Gasteiger partial charge >= 0.3 is 6.03 Å². The van der Waals surface area contributed by atoms with E-state index in [1.165, 1.54) is 19.3 Å². The summed E-state index contributed by atoms with van der Waals surface area (Å²) in [6, 6.07) is 8.06. The Hall–Kier alpha value is -1.75. The number of carbonyl (C=O) groups excluding carboxylic acids is 1. The molecule has 1 aromatic carbocycles. The van der Waals surface area contributed by atoms with E-state index in [9.17, 15) is 4.79 Å². The number of amides is 2. The summed E-state index contributed by atoms with van der Waals surface area (Å²) in [7, 11) is 0. The molecule has 2 aliphatic rings. The van der Waals surface area contributed by atoms with E-state index < -0.39 is 0 Å². The van der Waals surface area contributed by atoms with Crippen molar-refractivity contribution in [2.75, 3.05) is 13.1 Å². The number of hydrogen-bond donors (Lipinski definition) is 1. The maximum absolute atomic E-state index is 12.3. The summed E-state index contributed by atoms with van der Waals surface area (Å²) in [5, 5.41) is 3.00. The topological polar surface area (TPSA) is 50.8 Å². The van der Waals surface area contributed by atoms with Crippen LogP contribution in [0.3, 0.4) is 0 Å². The lowest BCUT2D eigenvalue weighted by molar-refractivity contribution is -0.0545. The number of nitrogens with zero attached hydrogens (tertiary/aromatic N) is 1. The van der Waals surface area contributed by atoms with Gasteiger partial charge in [-0.05, 0) is 57.2 Å². The zero-order valence-corrected chi connectivity index (χ0v) is 15.4. The van der Waals surface area contributed by atoms with Gasteiger partial charge in [0.25, 0.3) is 0 Å². The van der Waals surface area contributed by atoms with E-state index in [0.717, 1.165) is 24.2 Å². The van der Waals surface area contributed by atoms with Crippen LogP contribution in [0.25, 0.3) is 0 Å². The number of morpholine rings is 1. The molecular weight excluding hydrogens is 316 g/mol. The fraction of sp³-hybridized carbons (Fsp3) is 0.650. The number of rotatable bonds is 4. The molecule has 1 aromatic rings. The average molecular weight is 346 g/mol. The maximum atomic E-state index is 12.3. The van der Waals surface area contributed by atoms with Gasteiger partial charge in [0.1, 0.15) is 5.75 Å². The molecule has 1 heterocycles. The van der Waals surface area contributed by atoms with Gasteiger partial charge in [-0.2, -0.15) is 0 Å². The Balaban J connectivity index is 1.45. The third-order valence-electron chi connectivity index (χ3n) is 4.93. The fourth-order valence-corrected chi connectivity index (χ4v) is 3.69. The van der Waals surface area contributed by atoms with Crippen molar-refractivity contribution in [2.24, 2.45) is 0 Å². The molecule has 25 heavy (non-hydrogen) atoms. The highest BCUT2D eigenvalue weighted by Crippen LogP contribution is 2.23. The van der Waals surface area contributed by atoms with E-state index in [0.29, 0.717) is 25.7 Å². The van der Waals surface area contributed by atoms with Gasteiger partial charge in [0.15, 0.2) is 0 Å². The molecule has 0 aromatic heterocycles. The smallest absolute Gasteiger partial charge is 0.317 e. The second-order valence-electron chi connectivity index (χ2n) is 7.34. The summed E-state index contributed by atoms with van der Waals surface area (Å²) in [5.41, 5.74) is 1.08. The number of nitrogens with one attached hydrogen (secondary N) is 1. The van der Waals surface area contributed by atoms with E-state index in [-0.39, 0.29) is 18.2 Å². The van der Waals surface area contributed by atoms with Crippen LogP contribution in [-0.4, -0.2) is 42.3 Å². The first-order chi connectivity index (χ1) is 12.1. The molecule has 1 N–H and O–H groups in total. The zero-order valence-electron chi connectivity index (χ0n) is 15.4. The largest absolute Gasteiger partial charge is 0.490 e. The SMILES string of the molecule is CC1CN(C(=O)NCc2ccc(OC3CCCCC3)cc2)CC(C)O1. The van der Waals surface area contributed by atoms with Crippen LogP contribution < -0.4 is 10.1 Å². The van der Waals surface area contributed by atoms with E-state index >= 15 is 0 Å². The van der Waals surface area contributed by atoms with E-state index in [2.05, 4.69) is 5.32 Å². The van der Waals surface area contributed by atoms with Crippen molar-refractivity contribution in [3.05, 3.63) is 29.8 Å². The van der Waals surface area contributed by atoms with E-state index in [4.69, 9.17) is 9.47 Å². The van der Waals surface area contributed by atoms with Crippen LogP contribution in [0.2, 0.25) is 0 Å². The van der Waals surface area contributed by atoms with Crippen molar-refractivity contribution in [1.29, 1.82) is 0 Å². The quantitative estimate of drug-likeness (QED) is 0.904. The normalized spacial score (nSPS) is 24.8. The van der Waals surface area contributed by atoms with Gasteiger partial charge in [0, 0.05) is 19.6 Å². The standard InChI is InChI=1S/C20H30N2O3/c1-15-13-22(14-16(2)24-15)20(23)21-12-17-8-10-19(11-9-17)25-18-6-4-3-5-7-18/h8-11,15-16,18H,3-7,12-14H2,1-2H3,(H,21,23). The third kappa shape index (κ3) is 5.36. The third-order valence-corrected chi connectivity index (χ3v) is 4.93. The molecule has 1 saturated carbocycles. The Kier molecular flexibility index (Phi) is 6.19. The number of urea groups is 1. The van der Waals surface area contributed by atoms with Crippen LogP contribution in [0.4, 0.5) is 4.79 Å². The van der Waals surface area contributed by atoms with Crippen molar-refractivity contribution in [1.82, 2.24) is 10.2 Å². The minimum absolute atomic E-state index is 0.0236. The Morgan fingerprint density at radius 2 is 1.76 bits per heavy atom. The number of carbonyl (C=O) groups is 1. The second kappa shape index (κ2) is 8.56. The molecular formula is C20H30N2O3. The lowest BCUT2D eigenvalue weighted by Crippen LogP contribution is -2.51. The lowest BCUT2D eigenvalue weighted by Gasteiger charge is -2.35. The molecule has 2 atom stereocenters. The maximum Gasteiger partial charge on any atom is 0.317 e. The Bertz CT molecular complexity index is 545. The van der Waals surface area contributed by atoms with Gasteiger partial charge in [0.05, 0.1) is 18.3 Å². The monoisotopic (exact) mass is 346 g/mol. The van der Waals surface area contributed by atoms with Crippen LogP contribution >= 0.6 is 0 Å². The van der Waals surface area contributed by atoms with Crippen LogP contribution in [0, 0.1) is 0 Å². The summed E-state index contributed by atoms with van der Waals surface area (Å²) >= 11 is 0. The molecule has 0 spiro atoms. The minimum atomic E-state index is -0.0236. The molecule has 2 unspecified atom stereocenters. The van der Waals surface area contributed by atoms with E-state index in [1.54, 1.807) is 0 Å². The first kappa shape index (κ1) is 18.1. The second-order valence-corrected chi connectivity index (χ2v) is 7.34. The fourth-order valence-electron chi connectivity index (χ4n) is 3.69.